The number of carbonyl (C=O) groups excluding carboxylic acids is 1. The molecular weight excluding hydrogens is 462 g/mol. The number of amides is 1. The van der Waals surface area contributed by atoms with E-state index in [1.807, 2.05) is 24.3 Å². The van der Waals surface area contributed by atoms with E-state index in [2.05, 4.69) is 25.3 Å². The first-order chi connectivity index (χ1) is 16.5. The summed E-state index contributed by atoms with van der Waals surface area (Å²) < 4.78 is 12.8. The highest BCUT2D eigenvalue weighted by Crippen LogP contribution is 2.29. The van der Waals surface area contributed by atoms with Crippen molar-refractivity contribution in [1.29, 1.82) is 0 Å². The van der Waals surface area contributed by atoms with Crippen LogP contribution in [0.15, 0.2) is 42.6 Å². The smallest absolute Gasteiger partial charge is 0.326 e. The average Bonchev–Trinajstić information content (AvgIpc) is 3.48. The lowest BCUT2D eigenvalue weighted by Crippen LogP contribution is -2.36. The number of hydrogen-bond acceptors (Lipinski definition) is 10. The molecule has 1 aromatic carbocycles. The highest BCUT2D eigenvalue weighted by atomic mass is 32.1. The number of morpholine rings is 1. The fraction of sp³-hybridized carbons (Fsp3) is 0.238. The molecule has 0 saturated carbocycles. The van der Waals surface area contributed by atoms with Crippen LogP contribution < -0.4 is 15.0 Å². The van der Waals surface area contributed by atoms with Crippen LogP contribution in [0.3, 0.4) is 0 Å². The van der Waals surface area contributed by atoms with Crippen molar-refractivity contribution in [2.45, 2.75) is 0 Å². The predicted octanol–water partition coefficient (Wildman–Crippen LogP) is 3.21. The van der Waals surface area contributed by atoms with Crippen LogP contribution in [0.25, 0.3) is 11.0 Å². The number of benzene rings is 1. The van der Waals surface area contributed by atoms with Gasteiger partial charge in [0.2, 0.25) is 0 Å². The second-order valence-electron chi connectivity index (χ2n) is 7.40. The number of nitro groups is 1. The largest absolute Gasteiger partial charge is 0.424 e. The Balaban J connectivity index is 1.39. The zero-order valence-corrected chi connectivity index (χ0v) is 18.8. The molecule has 4 aromatic rings. The molecule has 5 rings (SSSR count). The van der Waals surface area contributed by atoms with Gasteiger partial charge in [0.25, 0.3) is 5.91 Å². The Morgan fingerprint density at radius 1 is 1.18 bits per heavy atom. The summed E-state index contributed by atoms with van der Waals surface area (Å²) in [6, 6.07) is 10.3. The third kappa shape index (κ3) is 4.38. The number of nitrogens with zero attached hydrogens (tertiary/aromatic N) is 6. The maximum absolute atomic E-state index is 12.7. The highest BCUT2D eigenvalue weighted by Gasteiger charge is 2.19. The van der Waals surface area contributed by atoms with Crippen LogP contribution in [0, 0.1) is 10.1 Å². The number of anilines is 2. The molecule has 12 nitrogen and oxygen atoms in total. The summed E-state index contributed by atoms with van der Waals surface area (Å²) in [6.07, 6.45) is 1.53. The molecule has 1 aliphatic rings. The van der Waals surface area contributed by atoms with Crippen molar-refractivity contribution in [2.75, 3.05) is 36.5 Å². The lowest BCUT2D eigenvalue weighted by molar-refractivity contribution is -0.380. The number of nitrogens with one attached hydrogen (secondary N) is 1. The van der Waals surface area contributed by atoms with Crippen molar-refractivity contribution in [3.8, 4) is 11.8 Å². The first-order valence-corrected chi connectivity index (χ1v) is 11.2. The number of ether oxygens (including phenoxy) is 2. The van der Waals surface area contributed by atoms with E-state index in [1.54, 1.807) is 7.05 Å². The van der Waals surface area contributed by atoms with Crippen LogP contribution in [0.4, 0.5) is 16.5 Å². The molecule has 0 aliphatic carbocycles. The molecule has 1 N–H and O–H groups in total. The quantitative estimate of drug-likeness (QED) is 0.325. The second kappa shape index (κ2) is 9.03. The molecule has 1 amide bonds. The zero-order valence-electron chi connectivity index (χ0n) is 18.0. The molecule has 174 valence electrons. The number of carbonyl (C=O) groups is 1. The Kier molecular flexibility index (Phi) is 5.77. The lowest BCUT2D eigenvalue weighted by Gasteiger charge is -2.28. The summed E-state index contributed by atoms with van der Waals surface area (Å²) in [5, 5.41) is 18.2. The molecule has 0 unspecified atom stereocenters. The number of thiophene rings is 1. The third-order valence-corrected chi connectivity index (χ3v) is 6.26. The minimum absolute atomic E-state index is 0.0303. The molecule has 13 heteroatoms. The van der Waals surface area contributed by atoms with Gasteiger partial charge in [-0.05, 0) is 30.3 Å². The topological polar surface area (TPSA) is 138 Å². The predicted molar refractivity (Wildman–Crippen MR) is 125 cm³/mol. The van der Waals surface area contributed by atoms with Crippen LogP contribution in [0.1, 0.15) is 9.67 Å². The summed E-state index contributed by atoms with van der Waals surface area (Å²) in [4.78, 5) is 34.3. The van der Waals surface area contributed by atoms with Crippen molar-refractivity contribution >= 4 is 44.8 Å². The Bertz CT molecular complexity index is 1360. The molecule has 1 aliphatic heterocycles. The molecule has 0 radical (unpaired) electrons. The van der Waals surface area contributed by atoms with Crippen LogP contribution in [-0.4, -0.2) is 56.9 Å². The van der Waals surface area contributed by atoms with Gasteiger partial charge in [-0.1, -0.05) is 11.3 Å². The van der Waals surface area contributed by atoms with Gasteiger partial charge in [-0.3, -0.25) is 19.6 Å². The van der Waals surface area contributed by atoms with Crippen molar-refractivity contribution in [2.24, 2.45) is 7.05 Å². The maximum atomic E-state index is 12.7. The van der Waals surface area contributed by atoms with Crippen LogP contribution in [0.2, 0.25) is 0 Å². The minimum atomic E-state index is -0.540. The highest BCUT2D eigenvalue weighted by molar-refractivity contribution is 7.17. The average molecular weight is 481 g/mol. The van der Waals surface area contributed by atoms with Gasteiger partial charge < -0.3 is 19.7 Å². The van der Waals surface area contributed by atoms with Gasteiger partial charge in [-0.2, -0.15) is 15.1 Å². The Hall–Kier alpha value is -4.10. The second-order valence-corrected chi connectivity index (χ2v) is 8.47. The van der Waals surface area contributed by atoms with E-state index < -0.39 is 10.8 Å². The molecule has 3 aromatic heterocycles. The number of hydrogen-bond donors (Lipinski definition) is 1. The molecule has 34 heavy (non-hydrogen) atoms. The molecule has 0 spiro atoms. The van der Waals surface area contributed by atoms with Crippen LogP contribution in [0.5, 0.6) is 11.8 Å². The SMILES string of the molecule is Cn1ncc2c(NC(=O)c3ccc([N+](=O)[O-])s3)nc(Oc3ccc(N4CCOCC4)cc3)nc21. The van der Waals surface area contributed by atoms with E-state index in [0.29, 0.717) is 30.0 Å². The fourth-order valence-corrected chi connectivity index (χ4v) is 4.23. The van der Waals surface area contributed by atoms with Gasteiger partial charge >= 0.3 is 11.0 Å². The van der Waals surface area contributed by atoms with E-state index in [0.717, 1.165) is 30.1 Å². The van der Waals surface area contributed by atoms with Crippen LogP contribution in [-0.2, 0) is 11.8 Å². The van der Waals surface area contributed by atoms with Crippen molar-refractivity contribution < 1.29 is 19.2 Å². The summed E-state index contributed by atoms with van der Waals surface area (Å²) >= 11 is 0.780. The maximum Gasteiger partial charge on any atom is 0.326 e. The van der Waals surface area contributed by atoms with Gasteiger partial charge in [0.15, 0.2) is 11.5 Å². The zero-order chi connectivity index (χ0) is 23.7. The van der Waals surface area contributed by atoms with Crippen molar-refractivity contribution in [3.05, 3.63) is 57.6 Å². The first-order valence-electron chi connectivity index (χ1n) is 10.3. The molecule has 0 bridgehead atoms. The Morgan fingerprint density at radius 3 is 2.65 bits per heavy atom. The molecule has 1 fully saturated rings. The van der Waals surface area contributed by atoms with Gasteiger partial charge in [0, 0.05) is 31.9 Å². The lowest BCUT2D eigenvalue weighted by atomic mass is 10.2. The molecule has 4 heterocycles. The van der Waals surface area contributed by atoms with Gasteiger partial charge in [0.05, 0.1) is 34.6 Å². The minimum Gasteiger partial charge on any atom is -0.424 e. The van der Waals surface area contributed by atoms with Crippen LogP contribution >= 0.6 is 11.3 Å². The first kappa shape index (κ1) is 21.7. The monoisotopic (exact) mass is 481 g/mol. The molecule has 0 atom stereocenters. The van der Waals surface area contributed by atoms with E-state index in [-0.39, 0.29) is 21.7 Å². The van der Waals surface area contributed by atoms with E-state index >= 15 is 0 Å². The summed E-state index contributed by atoms with van der Waals surface area (Å²) in [7, 11) is 1.71. The Labute approximate surface area is 196 Å². The number of aryl methyl sites for hydroxylation is 1. The Morgan fingerprint density at radius 2 is 1.94 bits per heavy atom. The fourth-order valence-electron chi connectivity index (χ4n) is 3.51. The standard InChI is InChI=1S/C21H19N7O5S/c1-26-19-15(12-22-26)18(23-20(29)16-6-7-17(34-16)28(30)31)24-21(25-19)33-14-4-2-13(3-5-14)27-8-10-32-11-9-27/h2-7,12H,8-11H2,1H3,(H,23,24,25,29). The summed E-state index contributed by atoms with van der Waals surface area (Å²) in [5.41, 5.74) is 1.53. The van der Waals surface area contributed by atoms with E-state index in [4.69, 9.17) is 9.47 Å². The van der Waals surface area contributed by atoms with Crippen molar-refractivity contribution in [1.82, 2.24) is 19.7 Å². The normalized spacial score (nSPS) is 13.7. The molecule has 1 saturated heterocycles. The van der Waals surface area contributed by atoms with E-state index in [1.165, 1.54) is 23.0 Å². The van der Waals surface area contributed by atoms with Gasteiger partial charge in [-0.15, -0.1) is 0 Å². The van der Waals surface area contributed by atoms with Gasteiger partial charge in [-0.25, -0.2) is 0 Å². The van der Waals surface area contributed by atoms with Crippen molar-refractivity contribution in [3.63, 3.8) is 0 Å². The number of rotatable bonds is 6. The number of aromatic nitrogens is 4. The van der Waals surface area contributed by atoms with E-state index in [9.17, 15) is 14.9 Å². The third-order valence-electron chi connectivity index (χ3n) is 5.22. The molecular formula is C21H19N7O5S. The van der Waals surface area contributed by atoms with Gasteiger partial charge in [0.1, 0.15) is 5.75 Å². The summed E-state index contributed by atoms with van der Waals surface area (Å²) in [6.45, 7) is 3.06. The summed E-state index contributed by atoms with van der Waals surface area (Å²) in [5.74, 6) is 0.201. The number of fused-ring (bicyclic) bond motifs is 1.